The van der Waals surface area contributed by atoms with Crippen molar-refractivity contribution in [3.05, 3.63) is 0 Å². The maximum atomic E-state index is 12.7. The van der Waals surface area contributed by atoms with E-state index in [9.17, 15) is 18.0 Å². The summed E-state index contributed by atoms with van der Waals surface area (Å²) in [5.41, 5.74) is 6.16. The van der Waals surface area contributed by atoms with Gasteiger partial charge in [-0.25, -0.2) is 0 Å². The van der Waals surface area contributed by atoms with Gasteiger partial charge in [0.05, 0.1) is 32.0 Å². The molecule has 0 aromatic rings. The fraction of sp³-hybridized carbons (Fsp3) is 0.947. The van der Waals surface area contributed by atoms with Crippen LogP contribution in [0.25, 0.3) is 0 Å². The van der Waals surface area contributed by atoms with E-state index in [-0.39, 0.29) is 23.8 Å². The van der Waals surface area contributed by atoms with Crippen LogP contribution in [-0.2, 0) is 19.0 Å². The molecule has 162 valence electrons. The molecule has 4 rings (SSSR count). The molecule has 0 radical (unpaired) electrons. The van der Waals surface area contributed by atoms with E-state index in [2.05, 4.69) is 4.74 Å². The molecule has 1 aliphatic carbocycles. The zero-order valence-corrected chi connectivity index (χ0v) is 16.4. The number of nitrogens with two attached hydrogens (primary N) is 1. The third-order valence-corrected chi connectivity index (χ3v) is 6.38. The van der Waals surface area contributed by atoms with Gasteiger partial charge in [-0.2, -0.15) is 0 Å². The van der Waals surface area contributed by atoms with E-state index in [1.807, 2.05) is 0 Å². The van der Waals surface area contributed by atoms with Crippen LogP contribution in [0.1, 0.15) is 45.4 Å². The topological polar surface area (TPSA) is 74.0 Å². The van der Waals surface area contributed by atoms with E-state index in [0.717, 1.165) is 25.7 Å². The molecule has 2 N–H and O–H groups in total. The predicted molar refractivity (Wildman–Crippen MR) is 95.3 cm³/mol. The van der Waals surface area contributed by atoms with Crippen LogP contribution in [-0.4, -0.2) is 68.3 Å². The van der Waals surface area contributed by atoms with Crippen LogP contribution in [0, 0.1) is 11.3 Å². The molecule has 0 aromatic carbocycles. The SMILES string of the molecule is C[C@@H](OCC12CCC(CC1)OC2)[C@H](N)C(=O)N1CCC[C@H](COC(F)(F)F)C1. The van der Waals surface area contributed by atoms with Gasteiger partial charge in [-0.3, -0.25) is 9.53 Å². The lowest BCUT2D eigenvalue weighted by molar-refractivity contribution is -0.329. The minimum absolute atomic E-state index is 0.0247. The van der Waals surface area contributed by atoms with Crippen molar-refractivity contribution in [3.8, 4) is 0 Å². The minimum atomic E-state index is -4.65. The minimum Gasteiger partial charge on any atom is -0.378 e. The number of ether oxygens (including phenoxy) is 3. The Balaban J connectivity index is 1.46. The van der Waals surface area contributed by atoms with Gasteiger partial charge in [0.25, 0.3) is 0 Å². The molecule has 4 fully saturated rings. The third kappa shape index (κ3) is 5.58. The van der Waals surface area contributed by atoms with Crippen molar-refractivity contribution in [1.29, 1.82) is 0 Å². The van der Waals surface area contributed by atoms with Gasteiger partial charge < -0.3 is 20.1 Å². The van der Waals surface area contributed by atoms with Crippen LogP contribution < -0.4 is 5.73 Å². The molecule has 1 saturated carbocycles. The van der Waals surface area contributed by atoms with E-state index in [0.29, 0.717) is 38.7 Å². The summed E-state index contributed by atoms with van der Waals surface area (Å²) >= 11 is 0. The Bertz CT molecular complexity index is 524. The van der Waals surface area contributed by atoms with E-state index < -0.39 is 25.1 Å². The highest BCUT2D eigenvalue weighted by atomic mass is 19.4. The van der Waals surface area contributed by atoms with Crippen LogP contribution in [0.15, 0.2) is 0 Å². The highest BCUT2D eigenvalue weighted by Crippen LogP contribution is 2.43. The second-order valence-electron chi connectivity index (χ2n) is 8.60. The van der Waals surface area contributed by atoms with Crippen molar-refractivity contribution < 1.29 is 32.2 Å². The standard InChI is InChI=1S/C19H31F3N2O4/c1-13(26-11-18-6-4-15(5-7-18)27-12-18)16(23)17(25)24-8-2-3-14(9-24)10-28-19(20,21)22/h13-16H,2-12,23H2,1H3/t13-,14+,15?,16+,18?/m1/s1. The number of carbonyl (C=O) groups excluding carboxylic acids is 1. The summed E-state index contributed by atoms with van der Waals surface area (Å²) in [7, 11) is 0. The van der Waals surface area contributed by atoms with E-state index in [4.69, 9.17) is 15.2 Å². The number of rotatable bonds is 7. The summed E-state index contributed by atoms with van der Waals surface area (Å²) in [6.07, 6.45) is 0.764. The van der Waals surface area contributed by atoms with Crippen LogP contribution in [0.3, 0.4) is 0 Å². The predicted octanol–water partition coefficient (Wildman–Crippen LogP) is 2.45. The highest BCUT2D eigenvalue weighted by Gasteiger charge is 2.42. The molecule has 6 nitrogen and oxygen atoms in total. The van der Waals surface area contributed by atoms with E-state index >= 15 is 0 Å². The first-order valence-corrected chi connectivity index (χ1v) is 10.2. The number of halogens is 3. The largest absolute Gasteiger partial charge is 0.522 e. The molecule has 9 heteroatoms. The number of likely N-dealkylation sites (tertiary alicyclic amines) is 1. The monoisotopic (exact) mass is 408 g/mol. The first kappa shape index (κ1) is 21.8. The van der Waals surface area contributed by atoms with Crippen molar-refractivity contribution in [2.75, 3.05) is 32.9 Å². The lowest BCUT2D eigenvalue weighted by atomic mass is 9.72. The van der Waals surface area contributed by atoms with Gasteiger partial charge in [0.2, 0.25) is 5.91 Å². The molecule has 0 unspecified atom stereocenters. The average Bonchev–Trinajstić information content (AvgIpc) is 2.70. The normalized spacial score (nSPS) is 33.0. The Morgan fingerprint density at radius 1 is 1.32 bits per heavy atom. The maximum absolute atomic E-state index is 12.7. The fourth-order valence-electron chi connectivity index (χ4n) is 4.43. The number of hydrogen-bond donors (Lipinski definition) is 1. The van der Waals surface area contributed by atoms with E-state index in [1.54, 1.807) is 11.8 Å². The number of alkyl halides is 3. The second kappa shape index (κ2) is 8.85. The summed E-state index contributed by atoms with van der Waals surface area (Å²) in [5, 5.41) is 0. The molecule has 3 saturated heterocycles. The summed E-state index contributed by atoms with van der Waals surface area (Å²) in [6, 6.07) is -0.834. The smallest absolute Gasteiger partial charge is 0.378 e. The molecule has 28 heavy (non-hydrogen) atoms. The van der Waals surface area contributed by atoms with Crippen molar-refractivity contribution in [1.82, 2.24) is 4.90 Å². The Kier molecular flexibility index (Phi) is 6.89. The number of fused-ring (bicyclic) bond motifs is 3. The molecular weight excluding hydrogens is 377 g/mol. The molecular formula is C19H31F3N2O4. The van der Waals surface area contributed by atoms with E-state index in [1.165, 1.54) is 0 Å². The molecule has 2 bridgehead atoms. The Morgan fingerprint density at radius 3 is 2.64 bits per heavy atom. The van der Waals surface area contributed by atoms with Crippen LogP contribution in [0.5, 0.6) is 0 Å². The molecule has 3 atom stereocenters. The molecule has 4 aliphatic rings. The Labute approximate surface area is 163 Å². The lowest BCUT2D eigenvalue weighted by Gasteiger charge is -2.46. The number of carbonyl (C=O) groups is 1. The number of nitrogens with zero attached hydrogens (tertiary/aromatic N) is 1. The van der Waals surface area contributed by atoms with Crippen molar-refractivity contribution in [2.45, 2.75) is 70.1 Å². The van der Waals surface area contributed by atoms with Crippen LogP contribution in [0.2, 0.25) is 0 Å². The summed E-state index contributed by atoms with van der Waals surface area (Å²) in [6.45, 7) is 3.29. The number of piperidine rings is 1. The number of hydrogen-bond acceptors (Lipinski definition) is 5. The van der Waals surface area contributed by atoms with Gasteiger partial charge in [0.1, 0.15) is 6.04 Å². The van der Waals surface area contributed by atoms with Crippen molar-refractivity contribution in [3.63, 3.8) is 0 Å². The lowest BCUT2D eigenvalue weighted by Crippen LogP contribution is -2.54. The second-order valence-corrected chi connectivity index (χ2v) is 8.60. The summed E-state index contributed by atoms with van der Waals surface area (Å²) in [4.78, 5) is 14.3. The Hall–Kier alpha value is -0.900. The zero-order valence-electron chi connectivity index (χ0n) is 16.4. The average molecular weight is 408 g/mol. The van der Waals surface area contributed by atoms with Gasteiger partial charge in [0, 0.05) is 24.4 Å². The maximum Gasteiger partial charge on any atom is 0.522 e. The first-order valence-electron chi connectivity index (χ1n) is 10.2. The number of amides is 1. The van der Waals surface area contributed by atoms with Crippen LogP contribution in [0.4, 0.5) is 13.2 Å². The van der Waals surface area contributed by atoms with Crippen molar-refractivity contribution >= 4 is 5.91 Å². The quantitative estimate of drug-likeness (QED) is 0.701. The van der Waals surface area contributed by atoms with Gasteiger partial charge >= 0.3 is 6.36 Å². The zero-order chi connectivity index (χ0) is 20.4. The van der Waals surface area contributed by atoms with Gasteiger partial charge in [-0.05, 0) is 45.4 Å². The van der Waals surface area contributed by atoms with Gasteiger partial charge in [0.15, 0.2) is 0 Å². The molecule has 0 aromatic heterocycles. The van der Waals surface area contributed by atoms with Gasteiger partial charge in [-0.15, -0.1) is 13.2 Å². The Morgan fingerprint density at radius 2 is 2.04 bits per heavy atom. The molecule has 3 heterocycles. The molecule has 1 amide bonds. The third-order valence-electron chi connectivity index (χ3n) is 6.38. The molecule has 3 aliphatic heterocycles. The molecule has 0 spiro atoms. The van der Waals surface area contributed by atoms with Gasteiger partial charge in [-0.1, -0.05) is 0 Å². The summed E-state index contributed by atoms with van der Waals surface area (Å²) < 4.78 is 52.5. The fourth-order valence-corrected chi connectivity index (χ4v) is 4.43. The first-order chi connectivity index (χ1) is 13.2. The summed E-state index contributed by atoms with van der Waals surface area (Å²) in [5.74, 6) is -0.610. The van der Waals surface area contributed by atoms with Crippen molar-refractivity contribution in [2.24, 2.45) is 17.1 Å². The highest BCUT2D eigenvalue weighted by molar-refractivity contribution is 5.82. The van der Waals surface area contributed by atoms with Crippen LogP contribution >= 0.6 is 0 Å².